The molecule has 3 atom stereocenters. The summed E-state index contributed by atoms with van der Waals surface area (Å²) >= 11 is 5.94. The van der Waals surface area contributed by atoms with Gasteiger partial charge in [0.2, 0.25) is 17.2 Å². The number of nitrogens with zero attached hydrogens (tertiary/aromatic N) is 3. The average molecular weight is 284 g/mol. The van der Waals surface area contributed by atoms with Gasteiger partial charge in [-0.25, -0.2) is 0 Å². The molecule has 19 heavy (non-hydrogen) atoms. The lowest BCUT2D eigenvalue weighted by Crippen LogP contribution is -2.25. The van der Waals surface area contributed by atoms with Gasteiger partial charge < -0.3 is 10.6 Å². The molecule has 1 aliphatic carbocycles. The van der Waals surface area contributed by atoms with Crippen molar-refractivity contribution in [2.75, 3.05) is 17.2 Å². The zero-order valence-electron chi connectivity index (χ0n) is 11.8. The van der Waals surface area contributed by atoms with Crippen molar-refractivity contribution >= 4 is 23.5 Å². The summed E-state index contributed by atoms with van der Waals surface area (Å²) in [4.78, 5) is 12.6. The summed E-state index contributed by atoms with van der Waals surface area (Å²) in [5.74, 6) is 2.49. The molecule has 3 unspecified atom stereocenters. The quantitative estimate of drug-likeness (QED) is 0.869. The van der Waals surface area contributed by atoms with Gasteiger partial charge in [0.25, 0.3) is 0 Å². The van der Waals surface area contributed by atoms with E-state index in [0.717, 1.165) is 25.3 Å². The third-order valence-corrected chi connectivity index (χ3v) is 4.09. The van der Waals surface area contributed by atoms with Crippen LogP contribution in [-0.2, 0) is 0 Å². The SMILES string of the molecule is CCCNc1nc(Cl)nc(NC2CCC(C)C2C)n1. The van der Waals surface area contributed by atoms with Gasteiger partial charge in [-0.2, -0.15) is 15.0 Å². The summed E-state index contributed by atoms with van der Waals surface area (Å²) in [6.45, 7) is 7.49. The Morgan fingerprint density at radius 2 is 1.89 bits per heavy atom. The van der Waals surface area contributed by atoms with E-state index in [2.05, 4.69) is 46.4 Å². The minimum atomic E-state index is 0.231. The van der Waals surface area contributed by atoms with Crippen LogP contribution >= 0.6 is 11.6 Å². The van der Waals surface area contributed by atoms with E-state index in [1.54, 1.807) is 0 Å². The molecular weight excluding hydrogens is 262 g/mol. The Hall–Kier alpha value is -1.10. The molecule has 5 nitrogen and oxygen atoms in total. The first-order valence-electron chi connectivity index (χ1n) is 7.02. The van der Waals surface area contributed by atoms with E-state index < -0.39 is 0 Å². The molecule has 0 aliphatic heterocycles. The third kappa shape index (κ3) is 3.69. The van der Waals surface area contributed by atoms with Crippen LogP contribution < -0.4 is 10.6 Å². The average Bonchev–Trinajstić information content (AvgIpc) is 2.68. The smallest absolute Gasteiger partial charge is 0.229 e. The van der Waals surface area contributed by atoms with Crippen LogP contribution in [0.2, 0.25) is 5.28 Å². The lowest BCUT2D eigenvalue weighted by molar-refractivity contribution is 0.434. The summed E-state index contributed by atoms with van der Waals surface area (Å²) in [5.41, 5.74) is 0. The second-order valence-electron chi connectivity index (χ2n) is 5.34. The molecule has 1 aliphatic rings. The molecule has 1 aromatic heterocycles. The van der Waals surface area contributed by atoms with Gasteiger partial charge in [-0.1, -0.05) is 20.8 Å². The van der Waals surface area contributed by atoms with Crippen molar-refractivity contribution in [1.82, 2.24) is 15.0 Å². The molecule has 1 fully saturated rings. The molecule has 0 radical (unpaired) electrons. The fourth-order valence-electron chi connectivity index (χ4n) is 2.46. The second kappa shape index (κ2) is 6.37. The van der Waals surface area contributed by atoms with Gasteiger partial charge in [-0.15, -0.1) is 0 Å². The van der Waals surface area contributed by atoms with Crippen molar-refractivity contribution in [3.05, 3.63) is 5.28 Å². The standard InChI is InChI=1S/C13H22ClN5/c1-4-7-15-12-17-11(14)18-13(19-12)16-10-6-5-8(2)9(10)3/h8-10H,4-7H2,1-3H3,(H2,15,16,17,18,19). The molecule has 2 N–H and O–H groups in total. The van der Waals surface area contributed by atoms with Gasteiger partial charge in [0, 0.05) is 12.6 Å². The number of hydrogen-bond donors (Lipinski definition) is 2. The summed E-state index contributed by atoms with van der Waals surface area (Å²) in [6.07, 6.45) is 3.42. The molecule has 0 aromatic carbocycles. The molecule has 1 heterocycles. The zero-order chi connectivity index (χ0) is 13.8. The van der Waals surface area contributed by atoms with Crippen molar-refractivity contribution in [1.29, 1.82) is 0 Å². The predicted molar refractivity (Wildman–Crippen MR) is 78.6 cm³/mol. The van der Waals surface area contributed by atoms with Crippen LogP contribution in [0, 0.1) is 11.8 Å². The van der Waals surface area contributed by atoms with E-state index in [-0.39, 0.29) is 5.28 Å². The van der Waals surface area contributed by atoms with Crippen LogP contribution in [0.15, 0.2) is 0 Å². The number of aromatic nitrogens is 3. The van der Waals surface area contributed by atoms with Gasteiger partial charge in [-0.3, -0.25) is 0 Å². The maximum atomic E-state index is 5.94. The van der Waals surface area contributed by atoms with E-state index in [1.165, 1.54) is 6.42 Å². The van der Waals surface area contributed by atoms with E-state index in [4.69, 9.17) is 11.6 Å². The molecule has 2 rings (SSSR count). The Morgan fingerprint density at radius 1 is 1.16 bits per heavy atom. The number of halogens is 1. The molecule has 6 heteroatoms. The summed E-state index contributed by atoms with van der Waals surface area (Å²) in [5, 5.41) is 6.76. The lowest BCUT2D eigenvalue weighted by atomic mass is 9.98. The summed E-state index contributed by atoms with van der Waals surface area (Å²) in [6, 6.07) is 0.424. The number of hydrogen-bond acceptors (Lipinski definition) is 5. The van der Waals surface area contributed by atoms with Crippen LogP contribution in [0.4, 0.5) is 11.9 Å². The Kier molecular flexibility index (Phi) is 4.80. The van der Waals surface area contributed by atoms with Gasteiger partial charge in [0.05, 0.1) is 0 Å². The predicted octanol–water partition coefficient (Wildman–Crippen LogP) is 3.19. The Morgan fingerprint density at radius 3 is 2.53 bits per heavy atom. The fraction of sp³-hybridized carbons (Fsp3) is 0.769. The third-order valence-electron chi connectivity index (χ3n) is 3.92. The highest BCUT2D eigenvalue weighted by Gasteiger charge is 2.30. The Bertz CT molecular complexity index is 425. The Labute approximate surface area is 119 Å². The first-order chi connectivity index (χ1) is 9.10. The van der Waals surface area contributed by atoms with E-state index in [1.807, 2.05) is 0 Å². The molecule has 106 valence electrons. The molecule has 0 saturated heterocycles. The summed E-state index contributed by atoms with van der Waals surface area (Å²) in [7, 11) is 0. The molecular formula is C13H22ClN5. The van der Waals surface area contributed by atoms with Crippen molar-refractivity contribution < 1.29 is 0 Å². The Balaban J connectivity index is 2.05. The monoisotopic (exact) mass is 283 g/mol. The fourth-order valence-corrected chi connectivity index (χ4v) is 2.62. The molecule has 0 bridgehead atoms. The molecule has 0 spiro atoms. The molecule has 1 saturated carbocycles. The van der Waals surface area contributed by atoms with Crippen LogP contribution in [0.1, 0.15) is 40.0 Å². The largest absolute Gasteiger partial charge is 0.354 e. The summed E-state index contributed by atoms with van der Waals surface area (Å²) < 4.78 is 0. The second-order valence-corrected chi connectivity index (χ2v) is 5.68. The minimum Gasteiger partial charge on any atom is -0.354 e. The van der Waals surface area contributed by atoms with E-state index in [9.17, 15) is 0 Å². The maximum absolute atomic E-state index is 5.94. The number of nitrogens with one attached hydrogen (secondary N) is 2. The maximum Gasteiger partial charge on any atom is 0.229 e. The van der Waals surface area contributed by atoms with Crippen LogP contribution in [0.5, 0.6) is 0 Å². The van der Waals surface area contributed by atoms with Crippen molar-refractivity contribution in [2.45, 2.75) is 46.1 Å². The number of anilines is 2. The van der Waals surface area contributed by atoms with Gasteiger partial charge in [0.15, 0.2) is 0 Å². The van der Waals surface area contributed by atoms with Crippen molar-refractivity contribution in [2.24, 2.45) is 11.8 Å². The normalized spacial score (nSPS) is 26.4. The number of rotatable bonds is 5. The van der Waals surface area contributed by atoms with E-state index >= 15 is 0 Å². The molecule has 1 aromatic rings. The van der Waals surface area contributed by atoms with E-state index in [0.29, 0.717) is 23.9 Å². The first-order valence-corrected chi connectivity index (χ1v) is 7.40. The first kappa shape index (κ1) is 14.3. The lowest BCUT2D eigenvalue weighted by Gasteiger charge is -2.19. The highest BCUT2D eigenvalue weighted by Crippen LogP contribution is 2.32. The van der Waals surface area contributed by atoms with Gasteiger partial charge >= 0.3 is 0 Å². The molecule has 0 amide bonds. The van der Waals surface area contributed by atoms with Crippen LogP contribution in [0.3, 0.4) is 0 Å². The van der Waals surface area contributed by atoms with Gasteiger partial charge in [-0.05, 0) is 42.7 Å². The highest BCUT2D eigenvalue weighted by atomic mass is 35.5. The van der Waals surface area contributed by atoms with Crippen LogP contribution in [-0.4, -0.2) is 27.5 Å². The minimum absolute atomic E-state index is 0.231. The highest BCUT2D eigenvalue weighted by molar-refractivity contribution is 6.28. The topological polar surface area (TPSA) is 62.7 Å². The van der Waals surface area contributed by atoms with Gasteiger partial charge in [0.1, 0.15) is 0 Å². The van der Waals surface area contributed by atoms with Crippen LogP contribution in [0.25, 0.3) is 0 Å². The van der Waals surface area contributed by atoms with Crippen molar-refractivity contribution in [3.63, 3.8) is 0 Å². The van der Waals surface area contributed by atoms with Crippen molar-refractivity contribution in [3.8, 4) is 0 Å². The zero-order valence-corrected chi connectivity index (χ0v) is 12.5.